The highest BCUT2D eigenvalue weighted by atomic mass is 32.1. The van der Waals surface area contributed by atoms with Crippen LogP contribution in [0.25, 0.3) is 0 Å². The number of hydrogen-bond donors (Lipinski definition) is 1. The number of amides is 1. The van der Waals surface area contributed by atoms with Crippen molar-refractivity contribution in [1.82, 2.24) is 14.6 Å². The highest BCUT2D eigenvalue weighted by molar-refractivity contribution is 7.07. The number of aromatic nitrogens is 3. The predicted molar refractivity (Wildman–Crippen MR) is 82.9 cm³/mol. The number of nitrogens with zero attached hydrogens (tertiary/aromatic N) is 4. The minimum atomic E-state index is -0.197. The first kappa shape index (κ1) is 13.9. The normalized spacial score (nSPS) is 15.0. The second kappa shape index (κ2) is 6.17. The molecule has 0 radical (unpaired) electrons. The van der Waals surface area contributed by atoms with E-state index in [4.69, 9.17) is 0 Å². The summed E-state index contributed by atoms with van der Waals surface area (Å²) in [5, 5.41) is 6.49. The average Bonchev–Trinajstić information content (AvgIpc) is 3.02. The van der Waals surface area contributed by atoms with Crippen LogP contribution in [-0.2, 0) is 0 Å². The molecule has 1 aliphatic rings. The van der Waals surface area contributed by atoms with Gasteiger partial charge < -0.3 is 10.2 Å². The molecule has 7 heteroatoms. The Hall–Kier alpha value is -2.02. The lowest BCUT2D eigenvalue weighted by Gasteiger charge is -2.29. The van der Waals surface area contributed by atoms with Crippen molar-refractivity contribution in [1.29, 1.82) is 0 Å². The molecule has 1 fully saturated rings. The van der Waals surface area contributed by atoms with E-state index in [1.165, 1.54) is 25.5 Å². The van der Waals surface area contributed by atoms with Gasteiger partial charge in [0.1, 0.15) is 10.7 Å². The molecule has 0 bridgehead atoms. The molecule has 0 aromatic carbocycles. The molecule has 2 aromatic rings. The lowest BCUT2D eigenvalue weighted by Crippen LogP contribution is -2.30. The second-order valence-corrected chi connectivity index (χ2v) is 5.93. The van der Waals surface area contributed by atoms with E-state index in [1.54, 1.807) is 6.20 Å². The number of piperidine rings is 1. The van der Waals surface area contributed by atoms with Crippen LogP contribution in [0.2, 0.25) is 0 Å². The van der Waals surface area contributed by atoms with Crippen molar-refractivity contribution in [2.45, 2.75) is 26.2 Å². The minimum absolute atomic E-state index is 0.197. The molecule has 110 valence electrons. The second-order valence-electron chi connectivity index (χ2n) is 5.15. The van der Waals surface area contributed by atoms with Gasteiger partial charge >= 0.3 is 0 Å². The van der Waals surface area contributed by atoms with Gasteiger partial charge in [-0.25, -0.2) is 4.98 Å². The Morgan fingerprint density at radius 2 is 2.10 bits per heavy atom. The number of hydrogen-bond acceptors (Lipinski definition) is 6. The largest absolute Gasteiger partial charge is 0.356 e. The third-order valence-electron chi connectivity index (χ3n) is 3.55. The van der Waals surface area contributed by atoms with Crippen LogP contribution < -0.4 is 10.2 Å². The highest BCUT2D eigenvalue weighted by Gasteiger charge is 2.15. The summed E-state index contributed by atoms with van der Waals surface area (Å²) >= 11 is 1.08. The van der Waals surface area contributed by atoms with Gasteiger partial charge in [-0.1, -0.05) is 4.49 Å². The van der Waals surface area contributed by atoms with E-state index in [1.807, 2.05) is 13.0 Å². The van der Waals surface area contributed by atoms with Crippen LogP contribution in [-0.4, -0.2) is 33.6 Å². The molecule has 0 aliphatic carbocycles. The summed E-state index contributed by atoms with van der Waals surface area (Å²) in [6, 6.07) is 1.96. The molecule has 0 spiro atoms. The van der Waals surface area contributed by atoms with Gasteiger partial charge in [0.25, 0.3) is 5.91 Å². The maximum Gasteiger partial charge on any atom is 0.269 e. The molecular formula is C14H17N5OS. The van der Waals surface area contributed by atoms with Crippen molar-refractivity contribution < 1.29 is 4.79 Å². The summed E-state index contributed by atoms with van der Waals surface area (Å²) in [5.41, 5.74) is 1.78. The summed E-state index contributed by atoms with van der Waals surface area (Å²) in [6.45, 7) is 4.15. The molecule has 1 N–H and O–H groups in total. The van der Waals surface area contributed by atoms with Crippen molar-refractivity contribution in [2.24, 2.45) is 0 Å². The third-order valence-corrected chi connectivity index (χ3v) is 4.21. The van der Waals surface area contributed by atoms with E-state index in [-0.39, 0.29) is 5.91 Å². The first-order valence-electron chi connectivity index (χ1n) is 7.04. The zero-order valence-electron chi connectivity index (χ0n) is 11.9. The van der Waals surface area contributed by atoms with E-state index >= 15 is 0 Å². The monoisotopic (exact) mass is 303 g/mol. The molecule has 1 aliphatic heterocycles. The van der Waals surface area contributed by atoms with Crippen LogP contribution in [0.1, 0.15) is 34.5 Å². The van der Waals surface area contributed by atoms with Gasteiger partial charge in [0.15, 0.2) is 0 Å². The van der Waals surface area contributed by atoms with Crippen LogP contribution in [0.3, 0.4) is 0 Å². The van der Waals surface area contributed by atoms with Crippen molar-refractivity contribution in [3.05, 3.63) is 28.9 Å². The number of anilines is 2. The van der Waals surface area contributed by atoms with E-state index < -0.39 is 0 Å². The standard InChI is InChI=1S/C14H17N5OS/c1-10-7-11(17-14(20)12-9-16-18-21-12)8-15-13(10)19-5-3-2-4-6-19/h7-9H,2-6H2,1H3,(H,17,20). The summed E-state index contributed by atoms with van der Waals surface area (Å²) < 4.78 is 3.69. The summed E-state index contributed by atoms with van der Waals surface area (Å²) in [4.78, 5) is 19.3. The molecule has 2 aromatic heterocycles. The molecule has 21 heavy (non-hydrogen) atoms. The topological polar surface area (TPSA) is 71.0 Å². The fraction of sp³-hybridized carbons (Fsp3) is 0.429. The molecule has 3 heterocycles. The number of carbonyl (C=O) groups excluding carboxylic acids is 1. The van der Waals surface area contributed by atoms with E-state index in [2.05, 4.69) is 24.8 Å². The van der Waals surface area contributed by atoms with Gasteiger partial charge in [-0.05, 0) is 49.3 Å². The maximum absolute atomic E-state index is 12.0. The van der Waals surface area contributed by atoms with Gasteiger partial charge in [-0.3, -0.25) is 4.79 Å². The Balaban J connectivity index is 1.73. The fourth-order valence-corrected chi connectivity index (χ4v) is 2.94. The molecule has 1 amide bonds. The number of aryl methyl sites for hydroxylation is 1. The van der Waals surface area contributed by atoms with Gasteiger partial charge in [-0.15, -0.1) is 5.10 Å². The zero-order chi connectivity index (χ0) is 14.7. The lowest BCUT2D eigenvalue weighted by atomic mass is 10.1. The van der Waals surface area contributed by atoms with Gasteiger partial charge in [-0.2, -0.15) is 0 Å². The van der Waals surface area contributed by atoms with Crippen LogP contribution in [0.4, 0.5) is 11.5 Å². The summed E-state index contributed by atoms with van der Waals surface area (Å²) in [7, 11) is 0. The van der Waals surface area contributed by atoms with Gasteiger partial charge in [0, 0.05) is 13.1 Å². The van der Waals surface area contributed by atoms with Crippen LogP contribution in [0.5, 0.6) is 0 Å². The molecule has 6 nitrogen and oxygen atoms in total. The molecule has 3 rings (SSSR count). The van der Waals surface area contributed by atoms with Crippen LogP contribution in [0.15, 0.2) is 18.5 Å². The first-order valence-corrected chi connectivity index (χ1v) is 7.81. The Morgan fingerprint density at radius 3 is 2.76 bits per heavy atom. The third kappa shape index (κ3) is 3.18. The quantitative estimate of drug-likeness (QED) is 0.943. The Kier molecular flexibility index (Phi) is 4.10. The van der Waals surface area contributed by atoms with Crippen LogP contribution >= 0.6 is 11.5 Å². The predicted octanol–water partition coefficient (Wildman–Crippen LogP) is 2.48. The Morgan fingerprint density at radius 1 is 1.29 bits per heavy atom. The van der Waals surface area contributed by atoms with Gasteiger partial charge in [0.05, 0.1) is 18.1 Å². The van der Waals surface area contributed by atoms with E-state index in [0.29, 0.717) is 10.6 Å². The average molecular weight is 303 g/mol. The Bertz CT molecular complexity index is 622. The van der Waals surface area contributed by atoms with Crippen molar-refractivity contribution in [2.75, 3.05) is 23.3 Å². The first-order chi connectivity index (χ1) is 10.2. The molecular weight excluding hydrogens is 286 g/mol. The van der Waals surface area contributed by atoms with Gasteiger partial charge in [0.2, 0.25) is 0 Å². The number of rotatable bonds is 3. The van der Waals surface area contributed by atoms with Crippen molar-refractivity contribution in [3.63, 3.8) is 0 Å². The van der Waals surface area contributed by atoms with Crippen molar-refractivity contribution >= 4 is 28.9 Å². The Labute approximate surface area is 127 Å². The van der Waals surface area contributed by atoms with E-state index in [9.17, 15) is 4.79 Å². The minimum Gasteiger partial charge on any atom is -0.356 e. The summed E-state index contributed by atoms with van der Waals surface area (Å²) in [5.74, 6) is 0.823. The number of nitrogens with one attached hydrogen (secondary N) is 1. The smallest absolute Gasteiger partial charge is 0.269 e. The van der Waals surface area contributed by atoms with Crippen molar-refractivity contribution in [3.8, 4) is 0 Å². The number of pyridine rings is 1. The number of carbonyl (C=O) groups is 1. The van der Waals surface area contributed by atoms with Crippen LogP contribution in [0, 0.1) is 6.92 Å². The molecule has 0 unspecified atom stereocenters. The lowest BCUT2D eigenvalue weighted by molar-refractivity contribution is 0.103. The SMILES string of the molecule is Cc1cc(NC(=O)c2cnns2)cnc1N1CCCCC1. The maximum atomic E-state index is 12.0. The zero-order valence-corrected chi connectivity index (χ0v) is 12.7. The summed E-state index contributed by atoms with van der Waals surface area (Å²) in [6.07, 6.45) is 6.91. The molecule has 1 saturated heterocycles. The molecule has 0 saturated carbocycles. The molecule has 0 atom stereocenters. The van der Waals surface area contributed by atoms with E-state index in [0.717, 1.165) is 36.0 Å². The highest BCUT2D eigenvalue weighted by Crippen LogP contribution is 2.23. The fourth-order valence-electron chi connectivity index (χ4n) is 2.53.